The van der Waals surface area contributed by atoms with Gasteiger partial charge >= 0.3 is 0 Å². The minimum absolute atomic E-state index is 0.0568. The Balaban J connectivity index is 2.19. The van der Waals surface area contributed by atoms with Crippen LogP contribution in [0.2, 0.25) is 0 Å². The van der Waals surface area contributed by atoms with Gasteiger partial charge < -0.3 is 9.84 Å². The molecule has 1 heterocycles. The normalized spacial score (nSPS) is 15.4. The first-order chi connectivity index (χ1) is 9.94. The van der Waals surface area contributed by atoms with Gasteiger partial charge in [-0.15, -0.1) is 0 Å². The molecule has 0 bridgehead atoms. The van der Waals surface area contributed by atoms with Gasteiger partial charge in [-0.05, 0) is 23.8 Å². The van der Waals surface area contributed by atoms with Crippen LogP contribution in [-0.2, 0) is 10.0 Å². The van der Waals surface area contributed by atoms with Gasteiger partial charge in [-0.3, -0.25) is 4.79 Å². The zero-order valence-corrected chi connectivity index (χ0v) is 11.8. The number of sulfonamides is 1. The molecular formula is C14H11NO5S. The topological polar surface area (TPSA) is 92.7 Å². The quantitative estimate of drug-likeness (QED) is 0.877. The number of rotatable bonds is 2. The Morgan fingerprint density at radius 3 is 2.62 bits per heavy atom. The zero-order chi connectivity index (χ0) is 15.2. The third-order valence-corrected chi connectivity index (χ3v) is 4.66. The predicted octanol–water partition coefficient (Wildman–Crippen LogP) is 1.50. The molecule has 0 fully saturated rings. The number of nitrogens with one attached hydrogen (secondary N) is 1. The van der Waals surface area contributed by atoms with Crippen LogP contribution in [0.5, 0.6) is 11.5 Å². The van der Waals surface area contributed by atoms with E-state index in [4.69, 9.17) is 4.74 Å². The highest BCUT2D eigenvalue weighted by Crippen LogP contribution is 2.38. The van der Waals surface area contributed by atoms with E-state index in [1.807, 2.05) is 4.72 Å². The third kappa shape index (κ3) is 2.02. The summed E-state index contributed by atoms with van der Waals surface area (Å²) < 4.78 is 30.3. The Labute approximate surface area is 121 Å². The lowest BCUT2D eigenvalue weighted by Gasteiger charge is -2.09. The van der Waals surface area contributed by atoms with Crippen molar-refractivity contribution in [3.63, 3.8) is 0 Å². The van der Waals surface area contributed by atoms with E-state index in [-0.39, 0.29) is 16.2 Å². The molecule has 2 aromatic rings. The second kappa shape index (κ2) is 4.49. The van der Waals surface area contributed by atoms with E-state index < -0.39 is 15.9 Å². The van der Waals surface area contributed by atoms with Crippen molar-refractivity contribution in [1.29, 1.82) is 0 Å². The summed E-state index contributed by atoms with van der Waals surface area (Å²) in [5.41, 5.74) is 1.04. The van der Waals surface area contributed by atoms with Crippen LogP contribution in [0.1, 0.15) is 10.4 Å². The summed E-state index contributed by atoms with van der Waals surface area (Å²) in [5.74, 6) is -0.444. The first-order valence-electron chi connectivity index (χ1n) is 6.01. The number of amides is 1. The molecule has 3 rings (SSSR count). The molecule has 0 saturated heterocycles. The van der Waals surface area contributed by atoms with Crippen LogP contribution in [0.15, 0.2) is 41.3 Å². The maximum Gasteiger partial charge on any atom is 0.266 e. The van der Waals surface area contributed by atoms with E-state index in [2.05, 4.69) is 0 Å². The molecule has 2 N–H and O–H groups in total. The Morgan fingerprint density at radius 2 is 1.90 bits per heavy atom. The number of methoxy groups -OCH3 is 1. The van der Waals surface area contributed by atoms with E-state index in [1.165, 1.54) is 25.3 Å². The summed E-state index contributed by atoms with van der Waals surface area (Å²) in [6, 6.07) is 9.26. The largest absolute Gasteiger partial charge is 0.504 e. The Bertz CT molecular complexity index is 858. The monoisotopic (exact) mass is 305 g/mol. The van der Waals surface area contributed by atoms with Gasteiger partial charge in [0.05, 0.1) is 12.7 Å². The molecule has 0 atom stereocenters. The van der Waals surface area contributed by atoms with Crippen molar-refractivity contribution >= 4 is 15.9 Å². The molecule has 2 aromatic carbocycles. The lowest BCUT2D eigenvalue weighted by Crippen LogP contribution is -2.20. The van der Waals surface area contributed by atoms with Crippen LogP contribution >= 0.6 is 0 Å². The number of hydrogen-bond donors (Lipinski definition) is 2. The van der Waals surface area contributed by atoms with Crippen molar-refractivity contribution in [2.24, 2.45) is 0 Å². The third-order valence-electron chi connectivity index (χ3n) is 3.27. The summed E-state index contributed by atoms with van der Waals surface area (Å²) in [7, 11) is -2.33. The smallest absolute Gasteiger partial charge is 0.266 e. The van der Waals surface area contributed by atoms with Gasteiger partial charge in [-0.1, -0.05) is 18.2 Å². The molecule has 1 amide bonds. The molecule has 1 aliphatic heterocycles. The molecule has 0 aromatic heterocycles. The number of fused-ring (bicyclic) bond motifs is 1. The van der Waals surface area contributed by atoms with Gasteiger partial charge in [0.2, 0.25) is 0 Å². The van der Waals surface area contributed by atoms with E-state index in [9.17, 15) is 18.3 Å². The Morgan fingerprint density at radius 1 is 1.14 bits per heavy atom. The molecule has 108 valence electrons. The fourth-order valence-corrected chi connectivity index (χ4v) is 3.41. The number of ether oxygens (including phenoxy) is 1. The fraction of sp³-hybridized carbons (Fsp3) is 0.0714. The summed E-state index contributed by atoms with van der Waals surface area (Å²) >= 11 is 0. The molecule has 1 aliphatic rings. The average Bonchev–Trinajstić information content (AvgIpc) is 2.69. The highest BCUT2D eigenvalue weighted by atomic mass is 32.2. The number of benzene rings is 2. The Hall–Kier alpha value is -2.54. The second-order valence-electron chi connectivity index (χ2n) is 4.50. The number of phenolic OH excluding ortho intramolecular Hbond substituents is 1. The van der Waals surface area contributed by atoms with Gasteiger partial charge in [-0.2, -0.15) is 0 Å². The molecule has 6 nitrogen and oxygen atoms in total. The number of hydrogen-bond acceptors (Lipinski definition) is 5. The lowest BCUT2D eigenvalue weighted by atomic mass is 10.0. The van der Waals surface area contributed by atoms with Gasteiger partial charge in [0.25, 0.3) is 15.9 Å². The van der Waals surface area contributed by atoms with Crippen molar-refractivity contribution in [3.8, 4) is 22.6 Å². The summed E-state index contributed by atoms with van der Waals surface area (Å²) in [6.45, 7) is 0. The molecule has 0 spiro atoms. The molecule has 0 unspecified atom stereocenters. The molecule has 0 radical (unpaired) electrons. The molecule has 0 saturated carbocycles. The van der Waals surface area contributed by atoms with E-state index in [0.717, 1.165) is 0 Å². The van der Waals surface area contributed by atoms with Crippen molar-refractivity contribution in [2.75, 3.05) is 7.11 Å². The first kappa shape index (κ1) is 13.4. The van der Waals surface area contributed by atoms with Gasteiger partial charge in [0.15, 0.2) is 11.5 Å². The maximum atomic E-state index is 11.7. The van der Waals surface area contributed by atoms with E-state index >= 15 is 0 Å². The SMILES string of the molecule is COc1cccc(-c2ccc3c(c2)C(=O)NS3(=O)=O)c1O. The van der Waals surface area contributed by atoms with Crippen LogP contribution in [0.3, 0.4) is 0 Å². The molecule has 0 aliphatic carbocycles. The highest BCUT2D eigenvalue weighted by Gasteiger charge is 2.32. The summed E-state index contributed by atoms with van der Waals surface area (Å²) in [5, 5.41) is 10.1. The van der Waals surface area contributed by atoms with Gasteiger partial charge in [0, 0.05) is 5.56 Å². The van der Waals surface area contributed by atoms with Crippen LogP contribution < -0.4 is 9.46 Å². The van der Waals surface area contributed by atoms with Crippen LogP contribution in [0.25, 0.3) is 11.1 Å². The highest BCUT2D eigenvalue weighted by molar-refractivity contribution is 7.90. The number of phenols is 1. The molecular weight excluding hydrogens is 294 g/mol. The minimum atomic E-state index is -3.76. The van der Waals surface area contributed by atoms with Crippen molar-refractivity contribution in [3.05, 3.63) is 42.0 Å². The summed E-state index contributed by atoms with van der Waals surface area (Å²) in [4.78, 5) is 11.6. The molecule has 7 heteroatoms. The first-order valence-corrected chi connectivity index (χ1v) is 7.50. The van der Waals surface area contributed by atoms with Gasteiger partial charge in [-0.25, -0.2) is 13.1 Å². The Kier molecular flexibility index (Phi) is 2.87. The fourth-order valence-electron chi connectivity index (χ4n) is 2.26. The number of aromatic hydroxyl groups is 1. The summed E-state index contributed by atoms with van der Waals surface area (Å²) in [6.07, 6.45) is 0. The lowest BCUT2D eigenvalue weighted by molar-refractivity contribution is 0.0985. The van der Waals surface area contributed by atoms with Crippen molar-refractivity contribution in [1.82, 2.24) is 4.72 Å². The van der Waals surface area contributed by atoms with Crippen LogP contribution in [-0.4, -0.2) is 26.5 Å². The minimum Gasteiger partial charge on any atom is -0.504 e. The van der Waals surface area contributed by atoms with Crippen LogP contribution in [0, 0.1) is 0 Å². The van der Waals surface area contributed by atoms with E-state index in [0.29, 0.717) is 16.9 Å². The second-order valence-corrected chi connectivity index (χ2v) is 6.15. The standard InChI is InChI=1S/C14H11NO5S/c1-20-11-4-2-3-9(13(11)16)8-5-6-12-10(7-8)14(17)15-21(12,18)19/h2-7,16H,1H3,(H,15,17). The zero-order valence-electron chi connectivity index (χ0n) is 11.0. The number of para-hydroxylation sites is 1. The molecule has 21 heavy (non-hydrogen) atoms. The van der Waals surface area contributed by atoms with E-state index in [1.54, 1.807) is 18.2 Å². The van der Waals surface area contributed by atoms with Gasteiger partial charge in [0.1, 0.15) is 4.90 Å². The van der Waals surface area contributed by atoms with Crippen LogP contribution in [0.4, 0.5) is 0 Å². The average molecular weight is 305 g/mol. The predicted molar refractivity (Wildman–Crippen MR) is 74.7 cm³/mol. The van der Waals surface area contributed by atoms with Crippen molar-refractivity contribution < 1.29 is 23.1 Å². The van der Waals surface area contributed by atoms with Crippen molar-refractivity contribution in [2.45, 2.75) is 4.90 Å². The maximum absolute atomic E-state index is 11.7. The number of carbonyl (C=O) groups excluding carboxylic acids is 1. The number of carbonyl (C=O) groups is 1.